The van der Waals surface area contributed by atoms with Gasteiger partial charge in [-0.15, -0.1) is 0 Å². The van der Waals surface area contributed by atoms with Crippen molar-refractivity contribution in [1.29, 1.82) is 0 Å². The number of hydrogen-bond acceptors (Lipinski definition) is 3. The van der Waals surface area contributed by atoms with Crippen LogP contribution < -0.4 is 10.1 Å². The van der Waals surface area contributed by atoms with Gasteiger partial charge < -0.3 is 15.0 Å². The van der Waals surface area contributed by atoms with Crippen LogP contribution in [0.3, 0.4) is 0 Å². The molecule has 0 bridgehead atoms. The lowest BCUT2D eigenvalue weighted by Gasteiger charge is -2.28. The van der Waals surface area contributed by atoms with Gasteiger partial charge >= 0.3 is 0 Å². The fraction of sp³-hybridized carbons (Fsp3) is 0.263. The summed E-state index contributed by atoms with van der Waals surface area (Å²) in [5.41, 5.74) is 0.339. The molecule has 2 amide bonds. The third kappa shape index (κ3) is 5.04. The molecule has 2 rings (SSSR count). The minimum absolute atomic E-state index is 0.0156. The van der Waals surface area contributed by atoms with Gasteiger partial charge in [0.1, 0.15) is 17.6 Å². The Morgan fingerprint density at radius 2 is 1.76 bits per heavy atom. The van der Waals surface area contributed by atoms with E-state index < -0.39 is 17.8 Å². The number of rotatable bonds is 7. The Labute approximate surface area is 146 Å². The Balaban J connectivity index is 2.14. The van der Waals surface area contributed by atoms with Gasteiger partial charge in [0.05, 0.1) is 0 Å². The van der Waals surface area contributed by atoms with E-state index in [-0.39, 0.29) is 19.1 Å². The Bertz CT molecular complexity index is 722. The molecule has 0 saturated heterocycles. The number of benzene rings is 2. The van der Waals surface area contributed by atoms with Crippen molar-refractivity contribution in [2.45, 2.75) is 19.5 Å². The van der Waals surface area contributed by atoms with Crippen LogP contribution in [-0.2, 0) is 16.1 Å². The highest BCUT2D eigenvalue weighted by molar-refractivity contribution is 5.87. The zero-order chi connectivity index (χ0) is 18.2. The predicted molar refractivity (Wildman–Crippen MR) is 92.4 cm³/mol. The van der Waals surface area contributed by atoms with E-state index in [9.17, 15) is 14.0 Å². The van der Waals surface area contributed by atoms with Crippen LogP contribution in [0.1, 0.15) is 12.5 Å². The minimum Gasteiger partial charge on any atom is -0.484 e. The quantitative estimate of drug-likeness (QED) is 0.839. The van der Waals surface area contributed by atoms with Gasteiger partial charge in [-0.05, 0) is 25.1 Å². The topological polar surface area (TPSA) is 58.6 Å². The molecule has 6 heteroatoms. The maximum absolute atomic E-state index is 13.9. The molecule has 2 aromatic rings. The van der Waals surface area contributed by atoms with Crippen LogP contribution in [-0.4, -0.2) is 36.4 Å². The molecule has 2 aromatic carbocycles. The molecule has 0 saturated carbocycles. The fourth-order valence-corrected chi connectivity index (χ4v) is 2.35. The number of nitrogens with one attached hydrogen (secondary N) is 1. The Hall–Kier alpha value is -2.89. The first-order valence-corrected chi connectivity index (χ1v) is 7.95. The second-order valence-corrected chi connectivity index (χ2v) is 5.51. The van der Waals surface area contributed by atoms with Crippen LogP contribution in [0.4, 0.5) is 4.39 Å². The predicted octanol–water partition coefficient (Wildman–Crippen LogP) is 2.37. The van der Waals surface area contributed by atoms with Crippen LogP contribution in [0.25, 0.3) is 0 Å². The lowest BCUT2D eigenvalue weighted by molar-refractivity contribution is -0.142. The molecule has 0 radical (unpaired) electrons. The molecular formula is C19H21FN2O3. The summed E-state index contributed by atoms with van der Waals surface area (Å²) < 4.78 is 19.4. The number of carbonyl (C=O) groups excluding carboxylic acids is 2. The van der Waals surface area contributed by atoms with Gasteiger partial charge in [-0.25, -0.2) is 4.39 Å². The van der Waals surface area contributed by atoms with E-state index in [0.717, 1.165) is 0 Å². The summed E-state index contributed by atoms with van der Waals surface area (Å²) in [6, 6.07) is 14.3. The maximum atomic E-state index is 13.9. The Morgan fingerprint density at radius 3 is 2.40 bits per heavy atom. The number of para-hydroxylation sites is 1. The van der Waals surface area contributed by atoms with Crippen molar-refractivity contribution in [2.75, 3.05) is 13.7 Å². The summed E-state index contributed by atoms with van der Waals surface area (Å²) in [6.45, 7) is 1.35. The van der Waals surface area contributed by atoms with Gasteiger partial charge in [-0.1, -0.05) is 36.4 Å². The number of amides is 2. The number of nitrogens with zero attached hydrogens (tertiary/aromatic N) is 1. The molecule has 5 nitrogen and oxygen atoms in total. The number of hydrogen-bond donors (Lipinski definition) is 1. The number of halogens is 1. The van der Waals surface area contributed by atoms with Gasteiger partial charge in [0.2, 0.25) is 5.91 Å². The second-order valence-electron chi connectivity index (χ2n) is 5.51. The maximum Gasteiger partial charge on any atom is 0.261 e. The molecule has 0 fully saturated rings. The third-order valence-electron chi connectivity index (χ3n) is 3.82. The fourth-order valence-electron chi connectivity index (χ4n) is 2.35. The molecule has 1 N–H and O–H groups in total. The van der Waals surface area contributed by atoms with Crippen LogP contribution in [0.5, 0.6) is 5.75 Å². The molecule has 25 heavy (non-hydrogen) atoms. The van der Waals surface area contributed by atoms with Crippen LogP contribution in [0.15, 0.2) is 54.6 Å². The van der Waals surface area contributed by atoms with Crippen molar-refractivity contribution < 1.29 is 18.7 Å². The van der Waals surface area contributed by atoms with Crippen molar-refractivity contribution in [1.82, 2.24) is 10.2 Å². The normalized spacial score (nSPS) is 11.5. The van der Waals surface area contributed by atoms with E-state index in [1.54, 1.807) is 49.4 Å². The van der Waals surface area contributed by atoms with Gasteiger partial charge in [0.15, 0.2) is 6.61 Å². The molecule has 1 atom stereocenters. The highest BCUT2D eigenvalue weighted by Gasteiger charge is 2.26. The molecular weight excluding hydrogens is 323 g/mol. The standard InChI is InChI=1S/C19H21FN2O3/c1-14(19(24)21-2)22(12-15-8-6-7-11-17(15)20)18(23)13-25-16-9-4-3-5-10-16/h3-11,14H,12-13H2,1-2H3,(H,21,24)/t14-/m0/s1. The number of carbonyl (C=O) groups is 2. The molecule has 0 heterocycles. The second kappa shape index (κ2) is 8.82. The molecule has 0 unspecified atom stereocenters. The van der Waals surface area contributed by atoms with E-state index in [0.29, 0.717) is 11.3 Å². The van der Waals surface area contributed by atoms with E-state index in [1.165, 1.54) is 18.0 Å². The summed E-state index contributed by atoms with van der Waals surface area (Å²) in [4.78, 5) is 25.9. The first-order chi connectivity index (χ1) is 12.0. The number of likely N-dealkylation sites (N-methyl/N-ethyl adjacent to an activating group) is 1. The van der Waals surface area contributed by atoms with Gasteiger partial charge in [0, 0.05) is 19.2 Å². The highest BCUT2D eigenvalue weighted by atomic mass is 19.1. The van der Waals surface area contributed by atoms with Crippen LogP contribution in [0, 0.1) is 5.82 Å². The summed E-state index contributed by atoms with van der Waals surface area (Å²) in [5.74, 6) is -0.602. The van der Waals surface area contributed by atoms with Crippen LogP contribution in [0.2, 0.25) is 0 Å². The average Bonchev–Trinajstić information content (AvgIpc) is 2.65. The van der Waals surface area contributed by atoms with Crippen molar-refractivity contribution >= 4 is 11.8 Å². The monoisotopic (exact) mass is 344 g/mol. The summed E-state index contributed by atoms with van der Waals surface area (Å²) in [6.07, 6.45) is 0. The van der Waals surface area contributed by atoms with E-state index in [4.69, 9.17) is 4.74 Å². The third-order valence-corrected chi connectivity index (χ3v) is 3.82. The number of ether oxygens (including phenoxy) is 1. The molecule has 0 aliphatic carbocycles. The largest absolute Gasteiger partial charge is 0.484 e. The zero-order valence-corrected chi connectivity index (χ0v) is 14.2. The van der Waals surface area contributed by atoms with E-state index in [1.807, 2.05) is 6.07 Å². The van der Waals surface area contributed by atoms with Gasteiger partial charge in [0.25, 0.3) is 5.91 Å². The van der Waals surface area contributed by atoms with E-state index >= 15 is 0 Å². The molecule has 0 spiro atoms. The lowest BCUT2D eigenvalue weighted by atomic mass is 10.1. The average molecular weight is 344 g/mol. The Kier molecular flexibility index (Phi) is 6.51. The van der Waals surface area contributed by atoms with Crippen molar-refractivity contribution in [2.24, 2.45) is 0 Å². The molecule has 0 aromatic heterocycles. The molecule has 0 aliphatic heterocycles. The molecule has 132 valence electrons. The zero-order valence-electron chi connectivity index (χ0n) is 14.2. The first kappa shape index (κ1) is 18.4. The van der Waals surface area contributed by atoms with Crippen LogP contribution >= 0.6 is 0 Å². The highest BCUT2D eigenvalue weighted by Crippen LogP contribution is 2.14. The summed E-state index contributed by atoms with van der Waals surface area (Å²) in [7, 11) is 1.49. The smallest absolute Gasteiger partial charge is 0.261 e. The van der Waals surface area contributed by atoms with E-state index in [2.05, 4.69) is 5.32 Å². The van der Waals surface area contributed by atoms with Crippen molar-refractivity contribution in [3.63, 3.8) is 0 Å². The lowest BCUT2D eigenvalue weighted by Crippen LogP contribution is -2.48. The van der Waals surface area contributed by atoms with Gasteiger partial charge in [-0.3, -0.25) is 9.59 Å². The van der Waals surface area contributed by atoms with Crippen molar-refractivity contribution in [3.05, 3.63) is 66.0 Å². The summed E-state index contributed by atoms with van der Waals surface area (Å²) in [5, 5.41) is 2.51. The van der Waals surface area contributed by atoms with Gasteiger partial charge in [-0.2, -0.15) is 0 Å². The Morgan fingerprint density at radius 1 is 1.12 bits per heavy atom. The minimum atomic E-state index is -0.753. The SMILES string of the molecule is CNC(=O)[C@H](C)N(Cc1ccccc1F)C(=O)COc1ccccc1. The summed E-state index contributed by atoms with van der Waals surface area (Å²) >= 11 is 0. The molecule has 0 aliphatic rings. The first-order valence-electron chi connectivity index (χ1n) is 7.95. The van der Waals surface area contributed by atoms with Crippen molar-refractivity contribution in [3.8, 4) is 5.75 Å².